The Bertz CT molecular complexity index is 485. The van der Waals surface area contributed by atoms with Crippen LogP contribution in [0.3, 0.4) is 0 Å². The van der Waals surface area contributed by atoms with Gasteiger partial charge in [-0.15, -0.1) is 0 Å². The fourth-order valence-corrected chi connectivity index (χ4v) is 1.88. The zero-order chi connectivity index (χ0) is 11.0. The summed E-state index contributed by atoms with van der Waals surface area (Å²) in [6, 6.07) is 2.15. The number of hydrogen-bond donors (Lipinski definition) is 1. The van der Waals surface area contributed by atoms with Crippen LogP contribution in [0.5, 0.6) is 0 Å². The first-order valence-corrected chi connectivity index (χ1v) is 5.18. The van der Waals surface area contributed by atoms with E-state index in [-0.39, 0.29) is 0 Å². The third kappa shape index (κ3) is 1.94. The van der Waals surface area contributed by atoms with Gasteiger partial charge < -0.3 is 4.98 Å². The number of aryl methyl sites for hydroxylation is 2. The summed E-state index contributed by atoms with van der Waals surface area (Å²) in [5, 5.41) is 0. The van der Waals surface area contributed by atoms with Gasteiger partial charge in [-0.1, -0.05) is 0 Å². The topological polar surface area (TPSA) is 28.1 Å². The zero-order valence-electron chi connectivity index (χ0n) is 9.68. The lowest BCUT2D eigenvalue weighted by atomic mass is 10.1. The van der Waals surface area contributed by atoms with Crippen molar-refractivity contribution in [3.8, 4) is 0 Å². The highest BCUT2D eigenvalue weighted by molar-refractivity contribution is 5.98. The first kappa shape index (κ1) is 9.97. The van der Waals surface area contributed by atoms with Gasteiger partial charge in [0.2, 0.25) is 0 Å². The van der Waals surface area contributed by atoms with Crippen LogP contribution in [0.2, 0.25) is 0 Å². The van der Waals surface area contributed by atoms with E-state index in [9.17, 15) is 0 Å². The predicted octanol–water partition coefficient (Wildman–Crippen LogP) is 3.39. The largest absolute Gasteiger partial charge is 0.359 e. The van der Waals surface area contributed by atoms with E-state index >= 15 is 0 Å². The van der Waals surface area contributed by atoms with Crippen LogP contribution < -0.4 is 0 Å². The number of aromatic nitrogens is 1. The van der Waals surface area contributed by atoms with Crippen molar-refractivity contribution in [1.82, 2.24) is 4.98 Å². The number of H-pyrrole nitrogens is 1. The van der Waals surface area contributed by atoms with E-state index in [1.165, 1.54) is 16.8 Å². The molecule has 0 aromatic carbocycles. The van der Waals surface area contributed by atoms with Crippen molar-refractivity contribution in [2.45, 2.75) is 27.7 Å². The number of aliphatic imine (C=N–C) groups is 1. The molecule has 2 nitrogen and oxygen atoms in total. The van der Waals surface area contributed by atoms with E-state index < -0.39 is 0 Å². The lowest BCUT2D eigenvalue weighted by Crippen LogP contribution is -1.81. The van der Waals surface area contributed by atoms with Gasteiger partial charge in [0.25, 0.3) is 0 Å². The molecule has 2 rings (SSSR count). The maximum atomic E-state index is 4.48. The second-order valence-electron chi connectivity index (χ2n) is 4.16. The van der Waals surface area contributed by atoms with Crippen LogP contribution in [0.25, 0.3) is 6.08 Å². The van der Waals surface area contributed by atoms with E-state index in [4.69, 9.17) is 0 Å². The van der Waals surface area contributed by atoms with Crippen LogP contribution in [0.15, 0.2) is 28.4 Å². The van der Waals surface area contributed by atoms with Crippen LogP contribution in [0.1, 0.15) is 30.8 Å². The summed E-state index contributed by atoms with van der Waals surface area (Å²) >= 11 is 0. The Morgan fingerprint density at radius 3 is 2.40 bits per heavy atom. The molecule has 0 fully saturated rings. The third-order valence-corrected chi connectivity index (χ3v) is 2.60. The molecule has 1 aliphatic rings. The molecule has 1 N–H and O–H groups in total. The Balaban J connectivity index is 2.40. The van der Waals surface area contributed by atoms with Crippen LogP contribution >= 0.6 is 0 Å². The molecule has 0 atom stereocenters. The number of nitrogens with one attached hydrogen (secondary N) is 1. The Morgan fingerprint density at radius 2 is 1.93 bits per heavy atom. The average molecular weight is 200 g/mol. The molecule has 1 aliphatic heterocycles. The minimum atomic E-state index is 1.07. The van der Waals surface area contributed by atoms with Crippen molar-refractivity contribution in [1.29, 1.82) is 0 Å². The zero-order valence-corrected chi connectivity index (χ0v) is 9.68. The van der Waals surface area contributed by atoms with Crippen LogP contribution in [0.4, 0.5) is 0 Å². The Labute approximate surface area is 90.4 Å². The second-order valence-corrected chi connectivity index (χ2v) is 4.16. The first-order chi connectivity index (χ1) is 7.06. The normalized spacial score (nSPS) is 18.3. The maximum absolute atomic E-state index is 4.48. The van der Waals surface area contributed by atoms with Gasteiger partial charge in [0.15, 0.2) is 0 Å². The Hall–Kier alpha value is -1.57. The number of allylic oxidation sites excluding steroid dienone is 2. The summed E-state index contributed by atoms with van der Waals surface area (Å²) in [5.74, 6) is 0. The highest BCUT2D eigenvalue weighted by atomic mass is 14.8. The van der Waals surface area contributed by atoms with Crippen molar-refractivity contribution >= 4 is 11.8 Å². The fraction of sp³-hybridized carbons (Fsp3) is 0.308. The number of nitrogens with zero attached hydrogens (tertiary/aromatic N) is 1. The molecule has 2 heteroatoms. The van der Waals surface area contributed by atoms with Crippen molar-refractivity contribution < 1.29 is 0 Å². The van der Waals surface area contributed by atoms with Crippen LogP contribution in [0, 0.1) is 13.8 Å². The molecule has 2 heterocycles. The molecule has 0 saturated carbocycles. The summed E-state index contributed by atoms with van der Waals surface area (Å²) in [5.41, 5.74) is 7.01. The first-order valence-electron chi connectivity index (χ1n) is 5.18. The minimum absolute atomic E-state index is 1.07. The molecule has 15 heavy (non-hydrogen) atoms. The van der Waals surface area contributed by atoms with Gasteiger partial charge in [0.1, 0.15) is 0 Å². The molecule has 0 bridgehead atoms. The number of aromatic amines is 1. The molecule has 78 valence electrons. The van der Waals surface area contributed by atoms with Crippen molar-refractivity contribution in [3.63, 3.8) is 0 Å². The van der Waals surface area contributed by atoms with Gasteiger partial charge >= 0.3 is 0 Å². The molecular weight excluding hydrogens is 184 g/mol. The van der Waals surface area contributed by atoms with E-state index in [0.29, 0.717) is 0 Å². The SMILES string of the molecule is CC1=CC(C)=N/C1=C\c1[nH]c(C)cc1C. The fourth-order valence-electron chi connectivity index (χ4n) is 1.88. The summed E-state index contributed by atoms with van der Waals surface area (Å²) in [6.45, 7) is 8.30. The standard InChI is InChI=1S/C13H16N2/c1-8-5-10(3)14-12(8)7-13-9(2)6-11(4)15-13/h5-7,14H,1-4H3/b13-7-. The van der Waals surface area contributed by atoms with Gasteiger partial charge in [-0.05, 0) is 57.0 Å². The Kier molecular flexibility index (Phi) is 2.35. The highest BCUT2D eigenvalue weighted by Crippen LogP contribution is 2.22. The number of hydrogen-bond acceptors (Lipinski definition) is 1. The van der Waals surface area contributed by atoms with Gasteiger partial charge in [-0.2, -0.15) is 0 Å². The van der Waals surface area contributed by atoms with E-state index in [1.54, 1.807) is 0 Å². The maximum Gasteiger partial charge on any atom is 0.0683 e. The Morgan fingerprint density at radius 1 is 1.20 bits per heavy atom. The van der Waals surface area contributed by atoms with Crippen LogP contribution in [-0.4, -0.2) is 10.7 Å². The monoisotopic (exact) mass is 200 g/mol. The lowest BCUT2D eigenvalue weighted by Gasteiger charge is -1.96. The molecular formula is C13H16N2. The van der Waals surface area contributed by atoms with Crippen molar-refractivity contribution in [2.75, 3.05) is 0 Å². The molecule has 0 spiro atoms. The molecule has 0 amide bonds. The quantitative estimate of drug-likeness (QED) is 0.719. The highest BCUT2D eigenvalue weighted by Gasteiger charge is 2.08. The predicted molar refractivity (Wildman–Crippen MR) is 65.1 cm³/mol. The lowest BCUT2D eigenvalue weighted by molar-refractivity contribution is 1.23. The molecule has 1 aromatic heterocycles. The van der Waals surface area contributed by atoms with Crippen LogP contribution in [-0.2, 0) is 0 Å². The van der Waals surface area contributed by atoms with Crippen molar-refractivity contribution in [2.24, 2.45) is 4.99 Å². The molecule has 0 aliphatic carbocycles. The van der Waals surface area contributed by atoms with Crippen molar-refractivity contribution in [3.05, 3.63) is 40.4 Å². The molecule has 0 radical (unpaired) electrons. The smallest absolute Gasteiger partial charge is 0.0683 e. The number of rotatable bonds is 1. The van der Waals surface area contributed by atoms with E-state index in [2.05, 4.69) is 49.0 Å². The second kappa shape index (κ2) is 3.54. The summed E-state index contributed by atoms with van der Waals surface area (Å²) < 4.78 is 0. The van der Waals surface area contributed by atoms with Gasteiger partial charge in [-0.25, -0.2) is 0 Å². The third-order valence-electron chi connectivity index (χ3n) is 2.60. The average Bonchev–Trinajstić information content (AvgIpc) is 2.58. The van der Waals surface area contributed by atoms with E-state index in [0.717, 1.165) is 17.1 Å². The van der Waals surface area contributed by atoms with Gasteiger partial charge in [0.05, 0.1) is 5.70 Å². The molecule has 0 saturated heterocycles. The summed E-state index contributed by atoms with van der Waals surface area (Å²) in [7, 11) is 0. The summed E-state index contributed by atoms with van der Waals surface area (Å²) in [6.07, 6.45) is 4.22. The van der Waals surface area contributed by atoms with Gasteiger partial charge in [-0.3, -0.25) is 4.99 Å². The van der Waals surface area contributed by atoms with E-state index in [1.807, 2.05) is 6.92 Å². The van der Waals surface area contributed by atoms with Gasteiger partial charge in [0, 0.05) is 17.1 Å². The molecule has 1 aromatic rings. The summed E-state index contributed by atoms with van der Waals surface area (Å²) in [4.78, 5) is 7.81. The minimum Gasteiger partial charge on any atom is -0.359 e. The molecule has 0 unspecified atom stereocenters.